The summed E-state index contributed by atoms with van der Waals surface area (Å²) in [6.07, 6.45) is 0. The van der Waals surface area contributed by atoms with Crippen LogP contribution in [0.15, 0.2) is 30.3 Å². The molecule has 0 atom stereocenters. The summed E-state index contributed by atoms with van der Waals surface area (Å²) in [5.74, 6) is -0.0433. The third kappa shape index (κ3) is 2.27. The van der Waals surface area contributed by atoms with E-state index in [4.69, 9.17) is 16.3 Å². The van der Waals surface area contributed by atoms with Crippen molar-refractivity contribution in [3.8, 4) is 22.6 Å². The highest BCUT2D eigenvalue weighted by atomic mass is 35.5. The van der Waals surface area contributed by atoms with Crippen molar-refractivity contribution in [2.24, 2.45) is 0 Å². The minimum atomic E-state index is -0.635. The molecule has 0 aliphatic rings. The lowest BCUT2D eigenvalue weighted by Gasteiger charge is -2.10. The van der Waals surface area contributed by atoms with Gasteiger partial charge in [-0.25, -0.2) is 4.39 Å². The van der Waals surface area contributed by atoms with E-state index >= 15 is 0 Å². The lowest BCUT2D eigenvalue weighted by molar-refractivity contribution is 0.414. The summed E-state index contributed by atoms with van der Waals surface area (Å²) in [6, 6.07) is 7.85. The Morgan fingerprint density at radius 1 is 1.17 bits per heavy atom. The first-order valence-electron chi connectivity index (χ1n) is 5.36. The van der Waals surface area contributed by atoms with Gasteiger partial charge in [-0.2, -0.15) is 0 Å². The molecule has 0 amide bonds. The minimum Gasteiger partial charge on any atom is -0.507 e. The topological polar surface area (TPSA) is 29.5 Å². The Hall–Kier alpha value is -1.74. The van der Waals surface area contributed by atoms with Crippen LogP contribution in [0, 0.1) is 12.7 Å². The molecule has 0 heterocycles. The highest BCUT2D eigenvalue weighted by molar-refractivity contribution is 6.31. The van der Waals surface area contributed by atoms with Gasteiger partial charge in [-0.15, -0.1) is 0 Å². The van der Waals surface area contributed by atoms with Crippen LogP contribution in [0.5, 0.6) is 11.5 Å². The maximum atomic E-state index is 13.2. The Balaban J connectivity index is 2.58. The molecule has 2 rings (SSSR count). The number of ether oxygens (including phenoxy) is 1. The van der Waals surface area contributed by atoms with Gasteiger partial charge in [-0.3, -0.25) is 0 Å². The second kappa shape index (κ2) is 4.86. The lowest BCUT2D eigenvalue weighted by atomic mass is 9.99. The third-order valence-corrected chi connectivity index (χ3v) is 3.05. The first-order chi connectivity index (χ1) is 8.52. The molecule has 0 aliphatic carbocycles. The van der Waals surface area contributed by atoms with Crippen molar-refractivity contribution in [1.82, 2.24) is 0 Å². The van der Waals surface area contributed by atoms with Crippen LogP contribution in [0.1, 0.15) is 5.56 Å². The van der Waals surface area contributed by atoms with Crippen LogP contribution in [-0.2, 0) is 0 Å². The highest BCUT2D eigenvalue weighted by Crippen LogP contribution is 2.36. The summed E-state index contributed by atoms with van der Waals surface area (Å²) in [5, 5.41) is 9.77. The maximum Gasteiger partial charge on any atom is 0.145 e. The average molecular weight is 267 g/mol. The summed E-state index contributed by atoms with van der Waals surface area (Å²) in [7, 11) is 1.58. The van der Waals surface area contributed by atoms with Crippen molar-refractivity contribution < 1.29 is 14.2 Å². The molecule has 0 aliphatic heterocycles. The quantitative estimate of drug-likeness (QED) is 0.884. The second-order valence-corrected chi connectivity index (χ2v) is 4.37. The van der Waals surface area contributed by atoms with Crippen LogP contribution < -0.4 is 4.74 Å². The molecule has 0 unspecified atom stereocenters. The van der Waals surface area contributed by atoms with Crippen LogP contribution in [0.2, 0.25) is 5.02 Å². The number of benzene rings is 2. The normalized spacial score (nSPS) is 10.4. The Bertz CT molecular complexity index is 597. The Morgan fingerprint density at radius 3 is 2.50 bits per heavy atom. The summed E-state index contributed by atoms with van der Waals surface area (Å²) in [6.45, 7) is 1.88. The predicted molar refractivity (Wildman–Crippen MR) is 69.8 cm³/mol. The SMILES string of the molecule is COc1ccc(-c2cc(Cl)c(F)cc2O)c(C)c1. The molecule has 2 nitrogen and oxygen atoms in total. The monoisotopic (exact) mass is 266 g/mol. The van der Waals surface area contributed by atoms with Crippen molar-refractivity contribution in [1.29, 1.82) is 0 Å². The van der Waals surface area contributed by atoms with Crippen molar-refractivity contribution in [3.05, 3.63) is 46.7 Å². The molecule has 0 spiro atoms. The standard InChI is InChI=1S/C14H12ClFO2/c1-8-5-9(18-2)3-4-10(8)11-6-12(15)13(16)7-14(11)17/h3-7,17H,1-2H3. The average Bonchev–Trinajstić information content (AvgIpc) is 2.34. The van der Waals surface area contributed by atoms with Crippen LogP contribution in [0.3, 0.4) is 0 Å². The van der Waals surface area contributed by atoms with E-state index in [9.17, 15) is 9.50 Å². The maximum absolute atomic E-state index is 13.2. The van der Waals surface area contributed by atoms with Gasteiger partial charge in [0.2, 0.25) is 0 Å². The van der Waals surface area contributed by atoms with E-state index in [1.165, 1.54) is 6.07 Å². The van der Waals surface area contributed by atoms with Gasteiger partial charge < -0.3 is 9.84 Å². The van der Waals surface area contributed by atoms with E-state index in [1.54, 1.807) is 19.2 Å². The fraction of sp³-hybridized carbons (Fsp3) is 0.143. The smallest absolute Gasteiger partial charge is 0.145 e. The van der Waals surface area contributed by atoms with Gasteiger partial charge in [0.25, 0.3) is 0 Å². The van der Waals surface area contributed by atoms with Gasteiger partial charge >= 0.3 is 0 Å². The molecule has 2 aromatic rings. The van der Waals surface area contributed by atoms with Crippen molar-refractivity contribution in [3.63, 3.8) is 0 Å². The zero-order chi connectivity index (χ0) is 13.3. The molecule has 1 N–H and O–H groups in total. The van der Waals surface area contributed by atoms with Crippen LogP contribution >= 0.6 is 11.6 Å². The predicted octanol–water partition coefficient (Wildman–Crippen LogP) is 4.17. The van der Waals surface area contributed by atoms with Crippen molar-refractivity contribution >= 4 is 11.6 Å². The molecule has 94 valence electrons. The number of aryl methyl sites for hydroxylation is 1. The number of phenolic OH excluding ortho intramolecular Hbond substituents is 1. The van der Waals surface area contributed by atoms with Gasteiger partial charge in [0.05, 0.1) is 12.1 Å². The Morgan fingerprint density at radius 2 is 1.89 bits per heavy atom. The number of halogens is 2. The molecule has 18 heavy (non-hydrogen) atoms. The van der Waals surface area contributed by atoms with Gasteiger partial charge in [0, 0.05) is 11.6 Å². The fourth-order valence-corrected chi connectivity index (χ4v) is 1.98. The fourth-order valence-electron chi connectivity index (χ4n) is 1.82. The number of hydrogen-bond donors (Lipinski definition) is 1. The van der Waals surface area contributed by atoms with Gasteiger partial charge in [-0.1, -0.05) is 17.7 Å². The molecule has 4 heteroatoms. The Kier molecular flexibility index (Phi) is 3.43. The van der Waals surface area contributed by atoms with Gasteiger partial charge in [0.1, 0.15) is 17.3 Å². The minimum absolute atomic E-state index is 0.0157. The third-order valence-electron chi connectivity index (χ3n) is 2.76. The molecule has 0 aromatic heterocycles. The number of aromatic hydroxyl groups is 1. The second-order valence-electron chi connectivity index (χ2n) is 3.96. The van der Waals surface area contributed by atoms with Crippen LogP contribution in [0.4, 0.5) is 4.39 Å². The largest absolute Gasteiger partial charge is 0.507 e. The van der Waals surface area contributed by atoms with E-state index in [-0.39, 0.29) is 10.8 Å². The zero-order valence-corrected chi connectivity index (χ0v) is 10.8. The highest BCUT2D eigenvalue weighted by Gasteiger charge is 2.12. The van der Waals surface area contributed by atoms with E-state index in [2.05, 4.69) is 0 Å². The first kappa shape index (κ1) is 12.7. The molecular formula is C14H12ClFO2. The Labute approximate surface area is 110 Å². The molecule has 2 aromatic carbocycles. The number of rotatable bonds is 2. The number of phenols is 1. The molecule has 0 radical (unpaired) electrons. The van der Waals surface area contributed by atoms with Gasteiger partial charge in [-0.05, 0) is 36.2 Å². The van der Waals surface area contributed by atoms with E-state index < -0.39 is 5.82 Å². The molecule has 0 bridgehead atoms. The molecule has 0 saturated carbocycles. The van der Waals surface area contributed by atoms with E-state index in [0.717, 1.165) is 22.9 Å². The summed E-state index contributed by atoms with van der Waals surface area (Å²) >= 11 is 5.74. The number of methoxy groups -OCH3 is 1. The van der Waals surface area contributed by atoms with Crippen LogP contribution in [0.25, 0.3) is 11.1 Å². The van der Waals surface area contributed by atoms with E-state index in [0.29, 0.717) is 5.56 Å². The summed E-state index contributed by atoms with van der Waals surface area (Å²) < 4.78 is 18.3. The van der Waals surface area contributed by atoms with Crippen LogP contribution in [-0.4, -0.2) is 12.2 Å². The van der Waals surface area contributed by atoms with Gasteiger partial charge in [0.15, 0.2) is 0 Å². The van der Waals surface area contributed by atoms with Crippen molar-refractivity contribution in [2.75, 3.05) is 7.11 Å². The lowest BCUT2D eigenvalue weighted by Crippen LogP contribution is -1.89. The molecular weight excluding hydrogens is 255 g/mol. The molecule has 0 saturated heterocycles. The zero-order valence-electron chi connectivity index (χ0n) is 10.00. The van der Waals surface area contributed by atoms with E-state index in [1.807, 2.05) is 13.0 Å². The first-order valence-corrected chi connectivity index (χ1v) is 5.73. The summed E-state index contributed by atoms with van der Waals surface area (Å²) in [5.41, 5.74) is 2.20. The van der Waals surface area contributed by atoms with Crippen molar-refractivity contribution in [2.45, 2.75) is 6.92 Å². The summed E-state index contributed by atoms with van der Waals surface area (Å²) in [4.78, 5) is 0. The number of hydrogen-bond acceptors (Lipinski definition) is 2. The molecule has 0 fully saturated rings.